The molecule has 2 fully saturated rings. The molecular weight excluding hydrogens is 157 g/mol. The predicted molar refractivity (Wildman–Crippen MR) is 43.7 cm³/mol. The maximum Gasteiger partial charge on any atom is 0.176 e. The second-order valence-corrected chi connectivity index (χ2v) is 4.61. The van der Waals surface area contributed by atoms with Gasteiger partial charge in [-0.2, -0.15) is 0 Å². The molecule has 0 radical (unpaired) electrons. The van der Waals surface area contributed by atoms with Crippen molar-refractivity contribution in [2.24, 2.45) is 0 Å². The maximum absolute atomic E-state index is 13.4. The van der Waals surface area contributed by atoms with Crippen LogP contribution in [-0.2, 0) is 4.79 Å². The van der Waals surface area contributed by atoms with Crippen molar-refractivity contribution < 1.29 is 9.18 Å². The lowest BCUT2D eigenvalue weighted by atomic mass is 9.86. The van der Waals surface area contributed by atoms with Crippen LogP contribution < -0.4 is 5.32 Å². The lowest BCUT2D eigenvalue weighted by molar-refractivity contribution is -0.130. The third-order valence-corrected chi connectivity index (χ3v) is 3.19. The molecule has 12 heavy (non-hydrogen) atoms. The Kier molecular flexibility index (Phi) is 1.41. The van der Waals surface area contributed by atoms with Crippen molar-refractivity contribution in [1.29, 1.82) is 0 Å². The number of rotatable bonds is 0. The molecule has 0 spiro atoms. The minimum Gasteiger partial charge on any atom is -0.303 e. The van der Waals surface area contributed by atoms with Gasteiger partial charge in [0, 0.05) is 12.0 Å². The van der Waals surface area contributed by atoms with Crippen molar-refractivity contribution in [3.8, 4) is 0 Å². The molecule has 0 amide bonds. The van der Waals surface area contributed by atoms with E-state index in [1.165, 1.54) is 0 Å². The van der Waals surface area contributed by atoms with Crippen LogP contribution in [0.1, 0.15) is 33.1 Å². The zero-order valence-corrected chi connectivity index (χ0v) is 7.48. The van der Waals surface area contributed by atoms with E-state index < -0.39 is 11.7 Å². The van der Waals surface area contributed by atoms with Crippen molar-refractivity contribution in [3.05, 3.63) is 0 Å². The fourth-order valence-corrected chi connectivity index (χ4v) is 2.50. The van der Waals surface area contributed by atoms with E-state index in [-0.39, 0.29) is 11.3 Å². The number of ketones is 1. The van der Waals surface area contributed by atoms with Gasteiger partial charge in [0.2, 0.25) is 0 Å². The molecule has 2 heterocycles. The molecule has 0 aromatic rings. The Balaban J connectivity index is 2.34. The molecule has 1 N–H and O–H groups in total. The molecule has 2 saturated heterocycles. The normalized spacial score (nSPS) is 52.9. The summed E-state index contributed by atoms with van der Waals surface area (Å²) in [6, 6.07) is 0. The van der Waals surface area contributed by atoms with Crippen molar-refractivity contribution in [1.82, 2.24) is 5.32 Å². The molecule has 0 aromatic carbocycles. The molecular formula is C9H14FNO. The van der Waals surface area contributed by atoms with Crippen molar-refractivity contribution in [2.45, 2.75) is 50.4 Å². The third kappa shape index (κ3) is 0.922. The lowest BCUT2D eigenvalue weighted by Crippen LogP contribution is -2.60. The van der Waals surface area contributed by atoms with E-state index in [0.29, 0.717) is 6.42 Å². The molecule has 2 nitrogen and oxygen atoms in total. The molecule has 3 atom stereocenters. The van der Waals surface area contributed by atoms with E-state index in [1.807, 2.05) is 6.92 Å². The first-order chi connectivity index (χ1) is 5.45. The average molecular weight is 171 g/mol. The van der Waals surface area contributed by atoms with E-state index in [2.05, 4.69) is 5.32 Å². The van der Waals surface area contributed by atoms with Crippen LogP contribution in [0.25, 0.3) is 0 Å². The number of piperidine rings is 1. The minimum absolute atomic E-state index is 0.131. The average Bonchev–Trinajstić information content (AvgIpc) is 2.22. The monoisotopic (exact) mass is 171 g/mol. The topological polar surface area (TPSA) is 29.1 Å². The van der Waals surface area contributed by atoms with E-state index in [0.717, 1.165) is 12.8 Å². The number of alkyl halides is 1. The Hall–Kier alpha value is -0.440. The van der Waals surface area contributed by atoms with Gasteiger partial charge in [0.15, 0.2) is 12.0 Å². The van der Waals surface area contributed by atoms with E-state index >= 15 is 0 Å². The Morgan fingerprint density at radius 1 is 1.50 bits per heavy atom. The number of hydrogen-bond acceptors (Lipinski definition) is 2. The number of halogens is 1. The highest BCUT2D eigenvalue weighted by molar-refractivity contribution is 5.87. The van der Waals surface area contributed by atoms with Gasteiger partial charge in [-0.05, 0) is 26.7 Å². The number of fused-ring (bicyclic) bond motifs is 2. The summed E-state index contributed by atoms with van der Waals surface area (Å²) in [5.74, 6) is -0.226. The predicted octanol–water partition coefficient (Wildman–Crippen LogP) is 1.20. The zero-order valence-electron chi connectivity index (χ0n) is 7.48. The first kappa shape index (κ1) is 8.17. The zero-order chi connectivity index (χ0) is 8.98. The summed E-state index contributed by atoms with van der Waals surface area (Å²) in [5.41, 5.74) is -0.710. The highest BCUT2D eigenvalue weighted by Gasteiger charge is 2.54. The molecule has 68 valence electrons. The first-order valence-corrected chi connectivity index (χ1v) is 4.41. The van der Waals surface area contributed by atoms with Gasteiger partial charge in [0.1, 0.15) is 0 Å². The van der Waals surface area contributed by atoms with E-state index in [1.54, 1.807) is 6.92 Å². The second kappa shape index (κ2) is 2.08. The van der Waals surface area contributed by atoms with Crippen molar-refractivity contribution >= 4 is 5.78 Å². The highest BCUT2D eigenvalue weighted by atomic mass is 19.1. The first-order valence-electron chi connectivity index (χ1n) is 4.41. The highest BCUT2D eigenvalue weighted by Crippen LogP contribution is 2.41. The summed E-state index contributed by atoms with van der Waals surface area (Å²) in [6.07, 6.45) is 0.739. The fourth-order valence-electron chi connectivity index (χ4n) is 2.50. The standard InChI is InChI=1S/C9H14FNO/c1-8-3-4-9(2,11-8)7(10)6(12)5-8/h7,11H,3-5H2,1-2H3. The molecule has 2 rings (SSSR count). The largest absolute Gasteiger partial charge is 0.303 e. The fraction of sp³-hybridized carbons (Fsp3) is 0.889. The van der Waals surface area contributed by atoms with Crippen molar-refractivity contribution in [2.75, 3.05) is 0 Å². The lowest BCUT2D eigenvalue weighted by Gasteiger charge is -2.38. The molecule has 0 aromatic heterocycles. The van der Waals surface area contributed by atoms with Gasteiger partial charge < -0.3 is 5.32 Å². The second-order valence-electron chi connectivity index (χ2n) is 4.61. The molecule has 0 aliphatic carbocycles. The van der Waals surface area contributed by atoms with Gasteiger partial charge in [-0.25, -0.2) is 4.39 Å². The van der Waals surface area contributed by atoms with Crippen molar-refractivity contribution in [3.63, 3.8) is 0 Å². The van der Waals surface area contributed by atoms with E-state index in [9.17, 15) is 9.18 Å². The van der Waals surface area contributed by atoms with Crippen LogP contribution in [0.4, 0.5) is 4.39 Å². The summed E-state index contributed by atoms with van der Waals surface area (Å²) >= 11 is 0. The van der Waals surface area contributed by atoms with Gasteiger partial charge in [-0.1, -0.05) is 0 Å². The van der Waals surface area contributed by atoms with Gasteiger partial charge in [-0.3, -0.25) is 4.79 Å². The number of Topliss-reactive ketones (excluding diaryl/α,β-unsaturated/α-hetero) is 1. The van der Waals surface area contributed by atoms with Crippen LogP contribution in [0, 0.1) is 0 Å². The number of carbonyl (C=O) groups is 1. The van der Waals surface area contributed by atoms with Crippen LogP contribution in [0.15, 0.2) is 0 Å². The smallest absolute Gasteiger partial charge is 0.176 e. The van der Waals surface area contributed by atoms with Gasteiger partial charge in [0.25, 0.3) is 0 Å². The van der Waals surface area contributed by atoms with Crippen LogP contribution in [-0.4, -0.2) is 23.0 Å². The molecule has 2 bridgehead atoms. The maximum atomic E-state index is 13.4. The summed E-state index contributed by atoms with van der Waals surface area (Å²) < 4.78 is 13.4. The van der Waals surface area contributed by atoms with Gasteiger partial charge in [-0.15, -0.1) is 0 Å². The molecule has 3 heteroatoms. The molecule has 2 aliphatic rings. The SMILES string of the molecule is CC12CCC(C)(N1)C(F)C(=O)C2. The quantitative estimate of drug-likeness (QED) is 0.593. The van der Waals surface area contributed by atoms with Gasteiger partial charge in [0.05, 0.1) is 5.54 Å². The molecule has 2 aliphatic heterocycles. The van der Waals surface area contributed by atoms with Crippen LogP contribution in [0.2, 0.25) is 0 Å². The number of carbonyl (C=O) groups excluding carboxylic acids is 1. The summed E-state index contributed by atoms with van der Waals surface area (Å²) in [7, 11) is 0. The summed E-state index contributed by atoms with van der Waals surface area (Å²) in [6.45, 7) is 3.81. The molecule has 3 unspecified atom stereocenters. The molecule has 0 saturated carbocycles. The Morgan fingerprint density at radius 3 is 2.83 bits per heavy atom. The number of hydrogen-bond donors (Lipinski definition) is 1. The number of nitrogens with one attached hydrogen (secondary N) is 1. The van der Waals surface area contributed by atoms with Crippen LogP contribution >= 0.6 is 0 Å². The van der Waals surface area contributed by atoms with E-state index in [4.69, 9.17) is 0 Å². The van der Waals surface area contributed by atoms with Crippen LogP contribution in [0.5, 0.6) is 0 Å². The summed E-state index contributed by atoms with van der Waals surface area (Å²) in [5, 5.41) is 3.23. The third-order valence-electron chi connectivity index (χ3n) is 3.19. The summed E-state index contributed by atoms with van der Waals surface area (Å²) in [4.78, 5) is 11.3. The Bertz CT molecular complexity index is 243. The Labute approximate surface area is 71.5 Å². The minimum atomic E-state index is -1.30. The Morgan fingerprint density at radius 2 is 2.17 bits per heavy atom. The van der Waals surface area contributed by atoms with Gasteiger partial charge >= 0.3 is 0 Å². The van der Waals surface area contributed by atoms with Crippen LogP contribution in [0.3, 0.4) is 0 Å².